The Hall–Kier alpha value is -0.490. The highest BCUT2D eigenvalue weighted by Crippen LogP contribution is 2.28. The van der Waals surface area contributed by atoms with E-state index in [4.69, 9.17) is 0 Å². The second-order valence-electron chi connectivity index (χ2n) is 4.12. The summed E-state index contributed by atoms with van der Waals surface area (Å²) in [7, 11) is 0. The molecule has 1 aromatic carbocycles. The number of hydrogen-bond donors (Lipinski definition) is 1. The molecule has 110 valence electrons. The Labute approximate surface area is 123 Å². The molecule has 1 atom stereocenters. The Morgan fingerprint density at radius 3 is 2.26 bits per heavy atom. The Morgan fingerprint density at radius 1 is 1.11 bits per heavy atom. The second-order valence-corrected chi connectivity index (χ2v) is 4.12. The van der Waals surface area contributed by atoms with E-state index < -0.39 is 18.3 Å². The van der Waals surface area contributed by atoms with Crippen LogP contribution in [0.2, 0.25) is 0 Å². The minimum atomic E-state index is -2.50. The van der Waals surface area contributed by atoms with Gasteiger partial charge in [-0.3, -0.25) is 4.90 Å². The van der Waals surface area contributed by atoms with Gasteiger partial charge in [-0.1, -0.05) is 12.1 Å². The average molecular weight is 317 g/mol. The fourth-order valence-corrected chi connectivity index (χ4v) is 2.17. The Bertz CT molecular complexity index is 374. The van der Waals surface area contributed by atoms with E-state index in [2.05, 4.69) is 5.32 Å². The van der Waals surface area contributed by atoms with E-state index in [9.17, 15) is 13.2 Å². The van der Waals surface area contributed by atoms with E-state index in [1.807, 2.05) is 0 Å². The molecule has 7 heteroatoms. The third kappa shape index (κ3) is 4.84. The summed E-state index contributed by atoms with van der Waals surface area (Å²) in [6, 6.07) is 4.49. The number of hydrogen-bond acceptors (Lipinski definition) is 2. The van der Waals surface area contributed by atoms with Crippen molar-refractivity contribution in [2.75, 3.05) is 26.2 Å². The maximum absolute atomic E-state index is 13.1. The fourth-order valence-electron chi connectivity index (χ4n) is 2.17. The van der Waals surface area contributed by atoms with Gasteiger partial charge in [0.05, 0.1) is 6.04 Å². The van der Waals surface area contributed by atoms with E-state index in [0.717, 1.165) is 0 Å². The zero-order chi connectivity index (χ0) is 12.3. The number of halogens is 5. The van der Waals surface area contributed by atoms with Crippen LogP contribution in [-0.2, 0) is 0 Å². The zero-order valence-electron chi connectivity index (χ0n) is 10.2. The van der Waals surface area contributed by atoms with E-state index in [0.29, 0.717) is 31.7 Å². The van der Waals surface area contributed by atoms with Crippen molar-refractivity contribution in [3.8, 4) is 0 Å². The summed E-state index contributed by atoms with van der Waals surface area (Å²) >= 11 is 0. The van der Waals surface area contributed by atoms with Crippen LogP contribution in [0.5, 0.6) is 0 Å². The van der Waals surface area contributed by atoms with Crippen LogP contribution in [0.15, 0.2) is 24.3 Å². The molecule has 1 saturated heterocycles. The maximum Gasteiger partial charge on any atom is 0.258 e. The lowest BCUT2D eigenvalue weighted by Gasteiger charge is -2.34. The Kier molecular flexibility index (Phi) is 8.41. The minimum absolute atomic E-state index is 0. The molecular formula is C12H17Cl2F3N2. The molecule has 2 rings (SSSR count). The first-order chi connectivity index (χ1) is 8.18. The first kappa shape index (κ1) is 18.5. The molecule has 0 aromatic heterocycles. The minimum Gasteiger partial charge on any atom is -0.314 e. The average Bonchev–Trinajstić information content (AvgIpc) is 2.30. The molecule has 1 aromatic rings. The zero-order valence-corrected chi connectivity index (χ0v) is 11.8. The number of rotatable bonds is 3. The van der Waals surface area contributed by atoms with Crippen LogP contribution in [0, 0.1) is 5.82 Å². The van der Waals surface area contributed by atoms with Crippen LogP contribution in [0.4, 0.5) is 13.2 Å². The summed E-state index contributed by atoms with van der Waals surface area (Å²) in [6.07, 6.45) is -2.50. The van der Waals surface area contributed by atoms with Gasteiger partial charge in [0.2, 0.25) is 0 Å². The van der Waals surface area contributed by atoms with Crippen molar-refractivity contribution < 1.29 is 13.2 Å². The van der Waals surface area contributed by atoms with Gasteiger partial charge < -0.3 is 5.32 Å². The first-order valence-corrected chi connectivity index (χ1v) is 5.67. The van der Waals surface area contributed by atoms with Gasteiger partial charge in [-0.05, 0) is 17.7 Å². The first-order valence-electron chi connectivity index (χ1n) is 5.67. The molecule has 0 radical (unpaired) electrons. The fraction of sp³-hybridized carbons (Fsp3) is 0.500. The van der Waals surface area contributed by atoms with Gasteiger partial charge in [0.1, 0.15) is 5.82 Å². The Morgan fingerprint density at radius 2 is 1.74 bits per heavy atom. The van der Waals surface area contributed by atoms with Crippen molar-refractivity contribution in [2.24, 2.45) is 0 Å². The summed E-state index contributed by atoms with van der Waals surface area (Å²) < 4.78 is 39.3. The molecule has 0 unspecified atom stereocenters. The topological polar surface area (TPSA) is 15.3 Å². The second kappa shape index (κ2) is 8.64. The van der Waals surface area contributed by atoms with E-state index >= 15 is 0 Å². The third-order valence-corrected chi connectivity index (χ3v) is 2.97. The van der Waals surface area contributed by atoms with Crippen molar-refractivity contribution in [2.45, 2.75) is 12.5 Å². The highest BCUT2D eigenvalue weighted by Gasteiger charge is 2.30. The van der Waals surface area contributed by atoms with Gasteiger partial charge in [-0.25, -0.2) is 13.2 Å². The summed E-state index contributed by atoms with van der Waals surface area (Å²) in [5.74, 6) is -0.469. The van der Waals surface area contributed by atoms with Crippen molar-refractivity contribution in [1.29, 1.82) is 0 Å². The molecule has 0 bridgehead atoms. The molecule has 0 aliphatic carbocycles. The van der Waals surface area contributed by atoms with Crippen LogP contribution in [0.3, 0.4) is 0 Å². The molecule has 1 aliphatic heterocycles. The SMILES string of the molecule is Cl.Cl.Fc1cccc([C@@H](C(F)F)N2CCNCC2)c1. The lowest BCUT2D eigenvalue weighted by atomic mass is 10.0. The predicted molar refractivity (Wildman–Crippen MR) is 74.1 cm³/mol. The van der Waals surface area contributed by atoms with Gasteiger partial charge in [-0.15, -0.1) is 24.8 Å². The maximum atomic E-state index is 13.1. The quantitative estimate of drug-likeness (QED) is 0.922. The monoisotopic (exact) mass is 316 g/mol. The molecular weight excluding hydrogens is 300 g/mol. The Balaban J connectivity index is 0.00000162. The number of alkyl halides is 2. The third-order valence-electron chi connectivity index (χ3n) is 2.97. The van der Waals surface area contributed by atoms with Crippen LogP contribution in [0.25, 0.3) is 0 Å². The number of nitrogens with zero attached hydrogens (tertiary/aromatic N) is 1. The number of piperazine rings is 1. The van der Waals surface area contributed by atoms with E-state index in [1.165, 1.54) is 18.2 Å². The molecule has 0 spiro atoms. The normalized spacial score (nSPS) is 17.5. The molecule has 1 heterocycles. The van der Waals surface area contributed by atoms with Gasteiger partial charge in [0, 0.05) is 26.2 Å². The highest BCUT2D eigenvalue weighted by molar-refractivity contribution is 5.85. The molecule has 19 heavy (non-hydrogen) atoms. The highest BCUT2D eigenvalue weighted by atomic mass is 35.5. The van der Waals surface area contributed by atoms with Crippen molar-refractivity contribution in [3.63, 3.8) is 0 Å². The van der Waals surface area contributed by atoms with Crippen LogP contribution in [-0.4, -0.2) is 37.5 Å². The van der Waals surface area contributed by atoms with E-state index in [1.54, 1.807) is 11.0 Å². The molecule has 0 amide bonds. The van der Waals surface area contributed by atoms with Gasteiger partial charge >= 0.3 is 0 Å². The predicted octanol–water partition coefficient (Wildman–Crippen LogP) is 2.88. The lowest BCUT2D eigenvalue weighted by Crippen LogP contribution is -2.46. The molecule has 0 saturated carbocycles. The molecule has 1 aliphatic rings. The summed E-state index contributed by atoms with van der Waals surface area (Å²) in [5, 5.41) is 3.11. The van der Waals surface area contributed by atoms with Crippen LogP contribution in [0.1, 0.15) is 11.6 Å². The van der Waals surface area contributed by atoms with Crippen LogP contribution < -0.4 is 5.32 Å². The summed E-state index contributed by atoms with van der Waals surface area (Å²) in [6.45, 7) is 2.51. The van der Waals surface area contributed by atoms with Crippen molar-refractivity contribution in [1.82, 2.24) is 10.2 Å². The molecule has 1 fully saturated rings. The standard InChI is InChI=1S/C12H15F3N2.2ClH/c13-10-3-1-2-9(8-10)11(12(14)15)17-6-4-16-5-7-17;;/h1-3,8,11-12,16H,4-7H2;2*1H/t11-;;/m0../s1. The largest absolute Gasteiger partial charge is 0.314 e. The lowest BCUT2D eigenvalue weighted by molar-refractivity contribution is 0.0180. The smallest absolute Gasteiger partial charge is 0.258 e. The van der Waals surface area contributed by atoms with Crippen LogP contribution >= 0.6 is 24.8 Å². The summed E-state index contributed by atoms with van der Waals surface area (Å²) in [4.78, 5) is 1.70. The van der Waals surface area contributed by atoms with Gasteiger partial charge in [0.25, 0.3) is 6.43 Å². The van der Waals surface area contributed by atoms with E-state index in [-0.39, 0.29) is 24.8 Å². The number of benzene rings is 1. The van der Waals surface area contributed by atoms with Gasteiger partial charge in [-0.2, -0.15) is 0 Å². The van der Waals surface area contributed by atoms with Crippen molar-refractivity contribution >= 4 is 24.8 Å². The number of nitrogens with one attached hydrogen (secondary N) is 1. The molecule has 2 nitrogen and oxygen atoms in total. The van der Waals surface area contributed by atoms with Gasteiger partial charge in [0.15, 0.2) is 0 Å². The molecule has 1 N–H and O–H groups in total. The van der Waals surface area contributed by atoms with Crippen molar-refractivity contribution in [3.05, 3.63) is 35.6 Å². The summed E-state index contributed by atoms with van der Waals surface area (Å²) in [5.41, 5.74) is 0.349.